The second-order valence-corrected chi connectivity index (χ2v) is 10.8. The third-order valence-corrected chi connectivity index (χ3v) is 10.1. The van der Waals surface area contributed by atoms with E-state index in [1.165, 1.54) is 32.1 Å². The van der Waals surface area contributed by atoms with Crippen molar-refractivity contribution in [3.8, 4) is 0 Å². The number of aliphatic hydroxyl groups excluding tert-OH is 1. The number of amides is 1. The minimum absolute atomic E-state index is 0.232. The van der Waals surface area contributed by atoms with E-state index >= 15 is 0 Å². The van der Waals surface area contributed by atoms with Gasteiger partial charge in [-0.05, 0) is 0 Å². The predicted octanol–water partition coefficient (Wildman–Crippen LogP) is 2.49. The zero-order valence-corrected chi connectivity index (χ0v) is 20.7. The van der Waals surface area contributed by atoms with Crippen LogP contribution in [0.25, 0.3) is 0 Å². The van der Waals surface area contributed by atoms with Gasteiger partial charge in [0, 0.05) is 0 Å². The third kappa shape index (κ3) is 2.45. The molecule has 0 aromatic heterocycles. The van der Waals surface area contributed by atoms with Crippen molar-refractivity contribution in [3.05, 3.63) is 0 Å². The summed E-state index contributed by atoms with van der Waals surface area (Å²) in [5, 5.41) is 13.5. The molecule has 1 amide bonds. The summed E-state index contributed by atoms with van der Waals surface area (Å²) in [6.07, 6.45) is 9.07. The molecule has 4 aliphatic rings. The van der Waals surface area contributed by atoms with Gasteiger partial charge in [-0.2, -0.15) is 0 Å². The fraction of sp³-hybridized carbons (Fsp3) is 0.947. The van der Waals surface area contributed by atoms with Gasteiger partial charge in [0.1, 0.15) is 0 Å². The minimum atomic E-state index is -0.302. The first-order valence-corrected chi connectivity index (χ1v) is 12.7. The van der Waals surface area contributed by atoms with Crippen molar-refractivity contribution in [2.75, 3.05) is 0 Å². The Hall–Kier alpha value is 0.325. The number of fused-ring (bicyclic) bond motifs is 5. The van der Waals surface area contributed by atoms with Gasteiger partial charge in [0.15, 0.2) is 0 Å². The van der Waals surface area contributed by atoms with E-state index in [4.69, 9.17) is 0 Å². The van der Waals surface area contributed by atoms with Gasteiger partial charge in [-0.3, -0.25) is 0 Å². The van der Waals surface area contributed by atoms with E-state index in [-0.39, 0.29) is 17.6 Å². The molecule has 0 radical (unpaired) electrons. The van der Waals surface area contributed by atoms with Gasteiger partial charge < -0.3 is 0 Å². The Balaban J connectivity index is 1.60. The molecule has 5 heteroatoms. The van der Waals surface area contributed by atoms with Gasteiger partial charge in [0.2, 0.25) is 0 Å². The summed E-state index contributed by atoms with van der Waals surface area (Å²) in [5.74, 6) is 2.91. The number of carbonyl (C=O) groups is 1. The molecule has 0 bridgehead atoms. The predicted molar refractivity (Wildman–Crippen MR) is 88.2 cm³/mol. The fourth-order valence-electron chi connectivity index (χ4n) is 7.41. The van der Waals surface area contributed by atoms with Crippen molar-refractivity contribution in [2.24, 2.45) is 34.5 Å². The molecule has 3 N–H and O–H groups in total. The Morgan fingerprint density at radius 3 is 2.50 bits per heavy atom. The normalized spacial score (nSPS) is 53.7. The fourth-order valence-corrected chi connectivity index (χ4v) is 8.36. The quantitative estimate of drug-likeness (QED) is 0.467. The van der Waals surface area contributed by atoms with Gasteiger partial charge in [-0.1, -0.05) is 0 Å². The van der Waals surface area contributed by atoms with E-state index in [1.54, 1.807) is 0 Å². The number of aliphatic hydroxyl groups is 1. The van der Waals surface area contributed by atoms with Crippen LogP contribution in [0.4, 0.5) is 0 Å². The molecule has 8 unspecified atom stereocenters. The number of carbonyl (C=O) groups excluding carboxylic acids is 1. The summed E-state index contributed by atoms with van der Waals surface area (Å²) in [6, 6.07) is 0.483. The molecule has 4 nitrogen and oxygen atoms in total. The summed E-state index contributed by atoms with van der Waals surface area (Å²) >= 11 is 0.362. The van der Waals surface area contributed by atoms with Crippen LogP contribution in [-0.2, 0) is 31.2 Å². The molecule has 0 spiro atoms. The molecule has 24 heavy (non-hydrogen) atoms. The van der Waals surface area contributed by atoms with E-state index in [2.05, 4.69) is 22.2 Å². The van der Waals surface area contributed by atoms with Crippen LogP contribution in [0.15, 0.2) is 0 Å². The molecule has 3 saturated carbocycles. The third-order valence-electron chi connectivity index (χ3n) is 8.71. The second-order valence-electron chi connectivity index (χ2n) is 9.45. The maximum atomic E-state index is 12.5. The molecule has 0 aromatic carbocycles. The second kappa shape index (κ2) is 6.19. The topological polar surface area (TPSA) is 61.4 Å². The Morgan fingerprint density at radius 2 is 1.75 bits per heavy atom. The summed E-state index contributed by atoms with van der Waals surface area (Å²) in [7, 11) is 0. The maximum absolute atomic E-state index is 12.5. The summed E-state index contributed by atoms with van der Waals surface area (Å²) in [4.78, 5) is 12.5. The van der Waals surface area contributed by atoms with Gasteiger partial charge in [-0.15, -0.1) is 0 Å². The van der Waals surface area contributed by atoms with Crippen LogP contribution >= 0.6 is 0 Å². The standard InChI is InChI=1S/C19H32N2O2.Hg/c1-18-9-7-13-11(12(18)4-5-14(18)17(20)23)3-6-15-19(13,2)10-8-16(22)21-15;/h11-16,21-22H,3-10H2,1-2H3,(H2,20,23);/q;+1/p-1. The zero-order chi connectivity index (χ0) is 17.1. The Kier molecular flexibility index (Phi) is 4.57. The molecule has 0 aromatic rings. The molecular formula is C19H31HgN2O2. The van der Waals surface area contributed by atoms with E-state index in [1.807, 2.05) is 0 Å². The molecule has 8 atom stereocenters. The van der Waals surface area contributed by atoms with Crippen molar-refractivity contribution >= 4 is 5.91 Å². The average molecular weight is 520 g/mol. The van der Waals surface area contributed by atoms with Crippen LogP contribution in [0.3, 0.4) is 0 Å². The summed E-state index contributed by atoms with van der Waals surface area (Å²) in [5.41, 5.74) is 0.569. The molecule has 1 heterocycles. The van der Waals surface area contributed by atoms with Crippen LogP contribution < -0.4 is 8.40 Å². The van der Waals surface area contributed by atoms with Crippen molar-refractivity contribution in [1.82, 2.24) is 8.40 Å². The molecule has 4 rings (SSSR count). The Labute approximate surface area is 162 Å². The number of rotatable bonds is 1. The van der Waals surface area contributed by atoms with Gasteiger partial charge >= 0.3 is 163 Å². The average Bonchev–Trinajstić information content (AvgIpc) is 2.92. The first kappa shape index (κ1) is 17.7. The number of hydrogen-bond acceptors (Lipinski definition) is 3. The molecule has 4 fully saturated rings. The van der Waals surface area contributed by atoms with E-state index in [0.717, 1.165) is 37.0 Å². The van der Waals surface area contributed by atoms with Crippen LogP contribution in [0.5, 0.6) is 0 Å². The number of hydrogen-bond donors (Lipinski definition) is 3. The first-order chi connectivity index (χ1) is 11.4. The van der Waals surface area contributed by atoms with E-state index in [0.29, 0.717) is 43.8 Å². The zero-order valence-electron chi connectivity index (χ0n) is 15.2. The summed E-state index contributed by atoms with van der Waals surface area (Å²) < 4.78 is 3.11. The van der Waals surface area contributed by atoms with Gasteiger partial charge in [0.25, 0.3) is 0 Å². The van der Waals surface area contributed by atoms with Crippen LogP contribution in [0.1, 0.15) is 65.2 Å². The van der Waals surface area contributed by atoms with E-state index in [9.17, 15) is 9.90 Å². The van der Waals surface area contributed by atoms with Crippen molar-refractivity contribution < 1.29 is 36.3 Å². The molecule has 131 valence electrons. The van der Waals surface area contributed by atoms with Crippen LogP contribution in [0.2, 0.25) is 0 Å². The van der Waals surface area contributed by atoms with Gasteiger partial charge in [0.05, 0.1) is 0 Å². The van der Waals surface area contributed by atoms with E-state index < -0.39 is 0 Å². The monoisotopic (exact) mass is 521 g/mol. The van der Waals surface area contributed by atoms with Crippen molar-refractivity contribution in [2.45, 2.75) is 77.5 Å². The SMILES string of the molecule is CC12CCC(O)NC1CCC1C2CCC2(C)C(C(=O)[NH][Hg])CCC12. The van der Waals surface area contributed by atoms with Gasteiger partial charge in [-0.25, -0.2) is 0 Å². The molecule has 1 aliphatic heterocycles. The van der Waals surface area contributed by atoms with Crippen molar-refractivity contribution in [1.29, 1.82) is 0 Å². The molecule has 3 aliphatic carbocycles. The summed E-state index contributed by atoms with van der Waals surface area (Å²) in [6.45, 7) is 4.90. The van der Waals surface area contributed by atoms with Crippen molar-refractivity contribution in [3.63, 3.8) is 0 Å². The first-order valence-electron chi connectivity index (χ1n) is 9.91. The number of piperidine rings is 1. The Bertz CT molecular complexity index is 529. The van der Waals surface area contributed by atoms with Crippen LogP contribution in [-0.4, -0.2) is 23.3 Å². The Morgan fingerprint density at radius 1 is 1.04 bits per heavy atom. The van der Waals surface area contributed by atoms with Crippen LogP contribution in [0, 0.1) is 34.5 Å². The molecule has 1 saturated heterocycles. The number of nitrogens with one attached hydrogen (secondary N) is 2. The molecular weight excluding hydrogens is 489 g/mol.